The van der Waals surface area contributed by atoms with Gasteiger partial charge in [-0.1, -0.05) is 25.2 Å². The van der Waals surface area contributed by atoms with Gasteiger partial charge < -0.3 is 5.32 Å². The molecule has 0 radical (unpaired) electrons. The third-order valence-corrected chi connectivity index (χ3v) is 6.38. The van der Waals surface area contributed by atoms with E-state index in [9.17, 15) is 13.2 Å². The lowest BCUT2D eigenvalue weighted by Crippen LogP contribution is -2.23. The lowest BCUT2D eigenvalue weighted by atomic mass is 10.1. The Bertz CT molecular complexity index is 579. The second-order valence-corrected chi connectivity index (χ2v) is 8.29. The molecule has 1 aliphatic rings. The summed E-state index contributed by atoms with van der Waals surface area (Å²) in [5.41, 5.74) is 0. The van der Waals surface area contributed by atoms with E-state index in [0.29, 0.717) is 17.5 Å². The highest BCUT2D eigenvalue weighted by molar-refractivity contribution is 7.91. The smallest absolute Gasteiger partial charge is 0.230 e. The van der Waals surface area contributed by atoms with Crippen LogP contribution in [0.4, 0.5) is 5.13 Å². The average molecular weight is 317 g/mol. The van der Waals surface area contributed by atoms with Crippen molar-refractivity contribution in [3.05, 3.63) is 5.01 Å². The zero-order valence-corrected chi connectivity index (χ0v) is 13.3. The number of aromatic nitrogens is 2. The fourth-order valence-corrected chi connectivity index (χ4v) is 5.05. The van der Waals surface area contributed by atoms with Crippen LogP contribution in [-0.4, -0.2) is 36.0 Å². The predicted molar refractivity (Wildman–Crippen MR) is 78.6 cm³/mol. The number of nitrogens with one attached hydrogen (secondary N) is 1. The van der Waals surface area contributed by atoms with Gasteiger partial charge in [-0.05, 0) is 19.3 Å². The monoisotopic (exact) mass is 317 g/mol. The molecular formula is C12H19N3O3S2. The molecule has 112 valence electrons. The number of hydrogen-bond acceptors (Lipinski definition) is 6. The number of rotatable bonds is 5. The standard InChI is InChI=1S/C12H19N3O3S2/c1-3-8(4-2)11-14-15-12(19-11)13-10(16)9-5-6-20(17,18)7-9/h8-9H,3-7H2,1-2H3,(H,13,15,16). The van der Waals surface area contributed by atoms with Gasteiger partial charge in [-0.25, -0.2) is 8.42 Å². The number of carbonyl (C=O) groups excluding carboxylic acids is 1. The lowest BCUT2D eigenvalue weighted by Gasteiger charge is -2.07. The summed E-state index contributed by atoms with van der Waals surface area (Å²) in [7, 11) is -3.04. The number of sulfone groups is 1. The van der Waals surface area contributed by atoms with Crippen LogP contribution in [-0.2, 0) is 14.6 Å². The van der Waals surface area contributed by atoms with Gasteiger partial charge in [0.1, 0.15) is 5.01 Å². The van der Waals surface area contributed by atoms with Gasteiger partial charge in [-0.15, -0.1) is 10.2 Å². The zero-order chi connectivity index (χ0) is 14.8. The van der Waals surface area contributed by atoms with Gasteiger partial charge in [0.2, 0.25) is 11.0 Å². The van der Waals surface area contributed by atoms with Crippen LogP contribution >= 0.6 is 11.3 Å². The molecule has 2 rings (SSSR count). The molecule has 6 nitrogen and oxygen atoms in total. The molecule has 1 aliphatic heterocycles. The molecule has 1 fully saturated rings. The van der Waals surface area contributed by atoms with E-state index in [-0.39, 0.29) is 17.4 Å². The van der Waals surface area contributed by atoms with Crippen molar-refractivity contribution in [3.63, 3.8) is 0 Å². The molecule has 2 heterocycles. The van der Waals surface area contributed by atoms with Gasteiger partial charge in [0.05, 0.1) is 17.4 Å². The van der Waals surface area contributed by atoms with Crippen molar-refractivity contribution in [1.82, 2.24) is 10.2 Å². The van der Waals surface area contributed by atoms with Crippen LogP contribution in [0.1, 0.15) is 44.0 Å². The first-order valence-corrected chi connectivity index (χ1v) is 9.43. The van der Waals surface area contributed by atoms with Crippen LogP contribution in [0.15, 0.2) is 0 Å². The van der Waals surface area contributed by atoms with Crippen LogP contribution in [0.25, 0.3) is 0 Å². The Morgan fingerprint density at radius 2 is 2.10 bits per heavy atom. The first-order chi connectivity index (χ1) is 9.45. The molecule has 1 atom stereocenters. The van der Waals surface area contributed by atoms with Crippen LogP contribution in [0.5, 0.6) is 0 Å². The molecule has 0 bridgehead atoms. The normalized spacial score (nSPS) is 21.2. The van der Waals surface area contributed by atoms with Gasteiger partial charge in [-0.2, -0.15) is 0 Å². The molecule has 0 aliphatic carbocycles. The number of amides is 1. The van der Waals surface area contributed by atoms with Crippen LogP contribution < -0.4 is 5.32 Å². The van der Waals surface area contributed by atoms with Crippen molar-refractivity contribution in [2.24, 2.45) is 5.92 Å². The maximum atomic E-state index is 12.0. The highest BCUT2D eigenvalue weighted by atomic mass is 32.2. The lowest BCUT2D eigenvalue weighted by molar-refractivity contribution is -0.119. The summed E-state index contributed by atoms with van der Waals surface area (Å²) < 4.78 is 22.7. The van der Waals surface area contributed by atoms with E-state index in [1.165, 1.54) is 11.3 Å². The molecule has 1 aromatic rings. The second-order valence-electron chi connectivity index (χ2n) is 5.05. The van der Waals surface area contributed by atoms with Crippen molar-refractivity contribution in [2.75, 3.05) is 16.8 Å². The van der Waals surface area contributed by atoms with Crippen molar-refractivity contribution in [2.45, 2.75) is 39.0 Å². The highest BCUT2D eigenvalue weighted by Crippen LogP contribution is 2.28. The average Bonchev–Trinajstić information content (AvgIpc) is 2.98. The first kappa shape index (κ1) is 15.4. The number of anilines is 1. The third-order valence-electron chi connectivity index (χ3n) is 3.61. The molecule has 0 aromatic carbocycles. The first-order valence-electron chi connectivity index (χ1n) is 6.79. The quantitative estimate of drug-likeness (QED) is 0.894. The van der Waals surface area contributed by atoms with Gasteiger partial charge in [0.25, 0.3) is 0 Å². The predicted octanol–water partition coefficient (Wildman–Crippen LogP) is 1.81. The minimum Gasteiger partial charge on any atom is -0.300 e. The zero-order valence-electron chi connectivity index (χ0n) is 11.6. The van der Waals surface area contributed by atoms with E-state index >= 15 is 0 Å². The topological polar surface area (TPSA) is 89.0 Å². The summed E-state index contributed by atoms with van der Waals surface area (Å²) in [6, 6.07) is 0. The van der Waals surface area contributed by atoms with Crippen molar-refractivity contribution in [3.8, 4) is 0 Å². The minimum absolute atomic E-state index is 0.0585. The van der Waals surface area contributed by atoms with E-state index in [1.54, 1.807) is 0 Å². The minimum atomic E-state index is -3.04. The summed E-state index contributed by atoms with van der Waals surface area (Å²) in [5.74, 6) is -0.319. The fraction of sp³-hybridized carbons (Fsp3) is 0.750. The molecule has 1 N–H and O–H groups in total. The molecule has 1 aromatic heterocycles. The number of nitrogens with zero attached hydrogens (tertiary/aromatic N) is 2. The number of carbonyl (C=O) groups is 1. The van der Waals surface area contributed by atoms with E-state index in [2.05, 4.69) is 29.4 Å². The van der Waals surface area contributed by atoms with Crippen molar-refractivity contribution in [1.29, 1.82) is 0 Å². The Morgan fingerprint density at radius 3 is 2.65 bits per heavy atom. The Morgan fingerprint density at radius 1 is 1.40 bits per heavy atom. The molecular weight excluding hydrogens is 298 g/mol. The molecule has 1 amide bonds. The molecule has 0 saturated carbocycles. The molecule has 1 saturated heterocycles. The van der Waals surface area contributed by atoms with Crippen LogP contribution in [0.3, 0.4) is 0 Å². The summed E-state index contributed by atoms with van der Waals surface area (Å²) >= 11 is 1.37. The Balaban J connectivity index is 1.99. The van der Waals surface area contributed by atoms with Crippen molar-refractivity contribution >= 4 is 32.2 Å². The summed E-state index contributed by atoms with van der Waals surface area (Å²) in [6.45, 7) is 4.19. The summed E-state index contributed by atoms with van der Waals surface area (Å²) in [4.78, 5) is 12.0. The maximum absolute atomic E-state index is 12.0. The second kappa shape index (κ2) is 6.17. The molecule has 20 heavy (non-hydrogen) atoms. The Hall–Kier alpha value is -1.02. The summed E-state index contributed by atoms with van der Waals surface area (Å²) in [6.07, 6.45) is 2.37. The Labute approximate surface area is 122 Å². The van der Waals surface area contributed by atoms with Crippen LogP contribution in [0.2, 0.25) is 0 Å². The third kappa shape index (κ3) is 3.54. The molecule has 8 heteroatoms. The summed E-state index contributed by atoms with van der Waals surface area (Å²) in [5, 5.41) is 12.1. The maximum Gasteiger partial charge on any atom is 0.230 e. The van der Waals surface area contributed by atoms with Gasteiger partial charge >= 0.3 is 0 Å². The fourth-order valence-electron chi connectivity index (χ4n) is 2.30. The van der Waals surface area contributed by atoms with E-state index in [4.69, 9.17) is 0 Å². The number of hydrogen-bond donors (Lipinski definition) is 1. The Kier molecular flexibility index (Phi) is 4.74. The van der Waals surface area contributed by atoms with Gasteiger partial charge in [-0.3, -0.25) is 4.79 Å². The largest absolute Gasteiger partial charge is 0.300 e. The molecule has 1 unspecified atom stereocenters. The van der Waals surface area contributed by atoms with E-state index in [1.807, 2.05) is 0 Å². The molecule has 0 spiro atoms. The van der Waals surface area contributed by atoms with Gasteiger partial charge in [0, 0.05) is 5.92 Å². The van der Waals surface area contributed by atoms with E-state index < -0.39 is 15.8 Å². The van der Waals surface area contributed by atoms with Gasteiger partial charge in [0.15, 0.2) is 9.84 Å². The SMILES string of the molecule is CCC(CC)c1nnc(NC(=O)C2CCS(=O)(=O)C2)s1. The highest BCUT2D eigenvalue weighted by Gasteiger charge is 2.33. The van der Waals surface area contributed by atoms with Crippen molar-refractivity contribution < 1.29 is 13.2 Å². The van der Waals surface area contributed by atoms with E-state index in [0.717, 1.165) is 17.8 Å². The van der Waals surface area contributed by atoms with Crippen LogP contribution in [0, 0.1) is 5.92 Å².